The second-order valence-electron chi connectivity index (χ2n) is 11.2. The smallest absolute Gasteiger partial charge is 0.410 e. The maximum atomic E-state index is 13.3. The average Bonchev–Trinajstić information content (AvgIpc) is 3.38. The molecule has 0 fully saturated rings. The number of ketones is 2. The van der Waals surface area contributed by atoms with Gasteiger partial charge >= 0.3 is 6.09 Å². The number of amides is 3. The quantitative estimate of drug-likeness (QED) is 0.374. The van der Waals surface area contributed by atoms with Crippen LogP contribution < -0.4 is 10.1 Å². The maximum absolute atomic E-state index is 13.3. The van der Waals surface area contributed by atoms with Gasteiger partial charge in [0.15, 0.2) is 16.6 Å². The van der Waals surface area contributed by atoms with Crippen molar-refractivity contribution >= 4 is 51.0 Å². The molecule has 12 heteroatoms. The van der Waals surface area contributed by atoms with Crippen LogP contribution in [0.4, 0.5) is 4.79 Å². The van der Waals surface area contributed by atoms with Crippen molar-refractivity contribution in [2.45, 2.75) is 53.9 Å². The number of allylic oxidation sites excluding steroid dienone is 4. The van der Waals surface area contributed by atoms with E-state index in [2.05, 4.69) is 10.3 Å². The number of carbonyl (C=O) groups excluding carboxylic acids is 5. The number of benzene rings is 1. The first-order chi connectivity index (χ1) is 20.2. The SMILES string of the molecule is CNC(=O)CCCN(CCN(C)C(=O)CC(C)(C)C1=C(C)C(=O)C(C)=C(C)C1=O)C(=O)Oc1ccc2nc(C#N)sc2c1. The first-order valence-corrected chi connectivity index (χ1v) is 14.7. The Hall–Kier alpha value is -4.37. The number of rotatable bonds is 11. The molecule has 1 aromatic heterocycles. The average molecular weight is 608 g/mol. The van der Waals surface area contributed by atoms with Gasteiger partial charge in [-0.1, -0.05) is 13.8 Å². The summed E-state index contributed by atoms with van der Waals surface area (Å²) in [6.45, 7) is 8.96. The predicted molar refractivity (Wildman–Crippen MR) is 162 cm³/mol. The zero-order valence-electron chi connectivity index (χ0n) is 25.6. The van der Waals surface area contributed by atoms with Crippen LogP contribution in [0.25, 0.3) is 10.2 Å². The van der Waals surface area contributed by atoms with E-state index in [4.69, 9.17) is 10.00 Å². The number of fused-ring (bicyclic) bond motifs is 1. The lowest BCUT2D eigenvalue weighted by Gasteiger charge is -2.33. The molecule has 0 saturated heterocycles. The highest BCUT2D eigenvalue weighted by Crippen LogP contribution is 2.39. The number of Topliss-reactive ketones (excluding diaryl/α,β-unsaturated/α-hetero) is 2. The number of ether oxygens (including phenoxy) is 1. The van der Waals surface area contributed by atoms with Crippen molar-refractivity contribution < 1.29 is 28.7 Å². The number of carbonyl (C=O) groups is 5. The maximum Gasteiger partial charge on any atom is 0.415 e. The minimum absolute atomic E-state index is 0.0117. The number of thiazole rings is 1. The molecule has 0 unspecified atom stereocenters. The van der Waals surface area contributed by atoms with Crippen molar-refractivity contribution in [1.29, 1.82) is 5.26 Å². The molecule has 0 bridgehead atoms. The summed E-state index contributed by atoms with van der Waals surface area (Å²) in [4.78, 5) is 71.1. The summed E-state index contributed by atoms with van der Waals surface area (Å²) < 4.78 is 6.31. The van der Waals surface area contributed by atoms with E-state index in [0.717, 1.165) is 0 Å². The summed E-state index contributed by atoms with van der Waals surface area (Å²) in [5, 5.41) is 12.0. The monoisotopic (exact) mass is 607 g/mol. The second kappa shape index (κ2) is 13.7. The van der Waals surface area contributed by atoms with Gasteiger partial charge in [0.25, 0.3) is 0 Å². The summed E-state index contributed by atoms with van der Waals surface area (Å²) in [5.74, 6) is -0.542. The molecular formula is C31H37N5O6S. The highest BCUT2D eigenvalue weighted by molar-refractivity contribution is 7.19. The van der Waals surface area contributed by atoms with Crippen LogP contribution in [0.5, 0.6) is 5.75 Å². The normalized spacial score (nSPS) is 13.7. The van der Waals surface area contributed by atoms with E-state index in [0.29, 0.717) is 43.9 Å². The lowest BCUT2D eigenvalue weighted by Crippen LogP contribution is -2.42. The summed E-state index contributed by atoms with van der Waals surface area (Å²) in [6, 6.07) is 6.90. The molecule has 1 aliphatic carbocycles. The fraction of sp³-hybridized carbons (Fsp3) is 0.452. The van der Waals surface area contributed by atoms with E-state index in [1.54, 1.807) is 59.9 Å². The van der Waals surface area contributed by atoms with E-state index in [-0.39, 0.29) is 61.6 Å². The standard InChI is InChI=1S/C31H37N5O6S/c1-18-19(2)29(40)27(20(3)28(18)39)31(4,5)16-26(38)35(7)13-14-36(12-8-9-24(37)33-6)30(41)42-21-10-11-22-23(15-21)43-25(17-32)34-22/h10-11,15H,8-9,12-14,16H2,1-7H3,(H,33,37). The van der Waals surface area contributed by atoms with Gasteiger partial charge in [0.2, 0.25) is 11.8 Å². The molecule has 1 aromatic carbocycles. The topological polar surface area (TPSA) is 150 Å². The van der Waals surface area contributed by atoms with E-state index >= 15 is 0 Å². The van der Waals surface area contributed by atoms with Gasteiger partial charge < -0.3 is 19.9 Å². The van der Waals surface area contributed by atoms with Gasteiger partial charge in [-0.2, -0.15) is 5.26 Å². The number of nitrogens with zero attached hydrogens (tertiary/aromatic N) is 4. The summed E-state index contributed by atoms with van der Waals surface area (Å²) in [7, 11) is 3.15. The van der Waals surface area contributed by atoms with Crippen LogP contribution in [-0.4, -0.2) is 78.0 Å². The second-order valence-corrected chi connectivity index (χ2v) is 12.2. The highest BCUT2D eigenvalue weighted by Gasteiger charge is 2.38. The highest BCUT2D eigenvalue weighted by atomic mass is 32.1. The Morgan fingerprint density at radius 2 is 1.72 bits per heavy atom. The van der Waals surface area contributed by atoms with Crippen molar-refractivity contribution in [3.63, 3.8) is 0 Å². The zero-order chi connectivity index (χ0) is 32.1. The van der Waals surface area contributed by atoms with Crippen LogP contribution in [0.2, 0.25) is 0 Å². The van der Waals surface area contributed by atoms with Crippen molar-refractivity contribution in [2.75, 3.05) is 33.7 Å². The minimum atomic E-state index is -0.892. The Kier molecular flexibility index (Phi) is 10.6. The molecule has 0 aliphatic heterocycles. The Morgan fingerprint density at radius 3 is 2.37 bits per heavy atom. The molecular weight excluding hydrogens is 570 g/mol. The molecule has 0 spiro atoms. The summed E-state index contributed by atoms with van der Waals surface area (Å²) in [5.41, 5.74) is 1.26. The number of nitriles is 1. The largest absolute Gasteiger partial charge is 0.415 e. The number of hydrogen-bond acceptors (Lipinski definition) is 9. The van der Waals surface area contributed by atoms with Crippen molar-refractivity contribution in [1.82, 2.24) is 20.1 Å². The molecule has 1 N–H and O–H groups in total. The minimum Gasteiger partial charge on any atom is -0.410 e. The van der Waals surface area contributed by atoms with E-state index in [1.807, 2.05) is 6.07 Å². The number of nitrogens with one attached hydrogen (secondary N) is 1. The van der Waals surface area contributed by atoms with Crippen LogP contribution in [0.3, 0.4) is 0 Å². The van der Waals surface area contributed by atoms with Gasteiger partial charge in [-0.15, -0.1) is 11.3 Å². The van der Waals surface area contributed by atoms with Crippen LogP contribution in [0.15, 0.2) is 40.5 Å². The molecule has 43 heavy (non-hydrogen) atoms. The number of aromatic nitrogens is 1. The molecule has 1 aliphatic rings. The third kappa shape index (κ3) is 7.73. The van der Waals surface area contributed by atoms with Gasteiger partial charge in [-0.05, 0) is 39.3 Å². The zero-order valence-corrected chi connectivity index (χ0v) is 26.4. The molecule has 228 valence electrons. The van der Waals surface area contributed by atoms with E-state index in [9.17, 15) is 24.0 Å². The van der Waals surface area contributed by atoms with Crippen molar-refractivity contribution in [3.05, 3.63) is 45.5 Å². The van der Waals surface area contributed by atoms with Crippen LogP contribution in [0, 0.1) is 16.7 Å². The first-order valence-electron chi connectivity index (χ1n) is 13.9. The molecule has 3 rings (SSSR count). The van der Waals surface area contributed by atoms with Crippen LogP contribution in [-0.2, 0) is 19.2 Å². The predicted octanol–water partition coefficient (Wildman–Crippen LogP) is 4.17. The van der Waals surface area contributed by atoms with E-state index < -0.39 is 11.5 Å². The Labute approximate surface area is 255 Å². The van der Waals surface area contributed by atoms with Crippen LogP contribution >= 0.6 is 11.3 Å². The molecule has 0 radical (unpaired) electrons. The fourth-order valence-corrected chi connectivity index (χ4v) is 5.73. The van der Waals surface area contributed by atoms with Crippen molar-refractivity contribution in [2.24, 2.45) is 5.41 Å². The van der Waals surface area contributed by atoms with Crippen molar-refractivity contribution in [3.8, 4) is 11.8 Å². The van der Waals surface area contributed by atoms with Crippen LogP contribution in [0.1, 0.15) is 58.9 Å². The summed E-state index contributed by atoms with van der Waals surface area (Å²) in [6.07, 6.45) is -0.0643. The molecule has 11 nitrogen and oxygen atoms in total. The molecule has 3 amide bonds. The Balaban J connectivity index is 1.70. The van der Waals surface area contributed by atoms with E-state index in [1.165, 1.54) is 28.2 Å². The lowest BCUT2D eigenvalue weighted by atomic mass is 9.71. The van der Waals surface area contributed by atoms with Gasteiger partial charge in [0.05, 0.1) is 10.2 Å². The van der Waals surface area contributed by atoms with Gasteiger partial charge in [0, 0.05) is 80.3 Å². The third-order valence-electron chi connectivity index (χ3n) is 7.62. The van der Waals surface area contributed by atoms with Gasteiger partial charge in [-0.3, -0.25) is 19.2 Å². The molecule has 0 saturated carbocycles. The lowest BCUT2D eigenvalue weighted by molar-refractivity contribution is -0.132. The fourth-order valence-electron chi connectivity index (χ4n) is 4.94. The third-order valence-corrected chi connectivity index (χ3v) is 8.54. The number of likely N-dealkylation sites (N-methyl/N-ethyl adjacent to an activating group) is 1. The summed E-state index contributed by atoms with van der Waals surface area (Å²) >= 11 is 1.19. The Morgan fingerprint density at radius 1 is 1.05 bits per heavy atom. The molecule has 2 aromatic rings. The van der Waals surface area contributed by atoms with Gasteiger partial charge in [-0.25, -0.2) is 9.78 Å². The number of hydrogen-bond donors (Lipinski definition) is 1. The molecule has 1 heterocycles. The first kappa shape index (κ1) is 33.1. The Bertz CT molecular complexity index is 1580. The molecule has 0 atom stereocenters. The van der Waals surface area contributed by atoms with Gasteiger partial charge in [0.1, 0.15) is 11.8 Å².